The lowest BCUT2D eigenvalue weighted by Gasteiger charge is -2.18. The van der Waals surface area contributed by atoms with Crippen molar-refractivity contribution in [1.82, 2.24) is 0 Å². The summed E-state index contributed by atoms with van der Waals surface area (Å²) in [5, 5.41) is 0. The van der Waals surface area contributed by atoms with Gasteiger partial charge in [0.1, 0.15) is 6.17 Å². The second-order valence-corrected chi connectivity index (χ2v) is 3.73. The molecule has 1 aromatic carbocycles. The molecule has 0 heterocycles. The Bertz CT molecular complexity index is 279. The Morgan fingerprint density at radius 3 is 2.38 bits per heavy atom. The maximum absolute atomic E-state index is 13.5. The molecule has 0 aromatic heterocycles. The van der Waals surface area contributed by atoms with Gasteiger partial charge in [0.05, 0.1) is 0 Å². The van der Waals surface area contributed by atoms with Gasteiger partial charge < -0.3 is 5.73 Å². The van der Waals surface area contributed by atoms with Crippen LogP contribution in [0.3, 0.4) is 0 Å². The molecule has 2 N–H and O–H groups in total. The summed E-state index contributed by atoms with van der Waals surface area (Å²) < 4.78 is 13.5. The third kappa shape index (κ3) is 1.35. The molecule has 1 aromatic rings. The second kappa shape index (κ2) is 3.11. The molecule has 0 spiro atoms. The van der Waals surface area contributed by atoms with E-state index >= 15 is 0 Å². The minimum atomic E-state index is -0.880. The van der Waals surface area contributed by atoms with Gasteiger partial charge in [-0.1, -0.05) is 30.3 Å². The fourth-order valence-electron chi connectivity index (χ4n) is 1.91. The molecule has 1 aliphatic carbocycles. The van der Waals surface area contributed by atoms with E-state index < -0.39 is 6.17 Å². The zero-order valence-electron chi connectivity index (χ0n) is 7.54. The number of alkyl halides is 1. The molecule has 2 rings (SSSR count). The van der Waals surface area contributed by atoms with E-state index in [1.807, 2.05) is 30.3 Å². The maximum atomic E-state index is 13.5. The Balaban J connectivity index is 2.26. The van der Waals surface area contributed by atoms with Gasteiger partial charge in [0.25, 0.3) is 0 Å². The number of hydrogen-bond donors (Lipinski definition) is 1. The normalized spacial score (nSPS) is 21.1. The van der Waals surface area contributed by atoms with Gasteiger partial charge in [-0.05, 0) is 18.4 Å². The summed E-state index contributed by atoms with van der Waals surface area (Å²) in [4.78, 5) is 0. The van der Waals surface area contributed by atoms with E-state index in [0.717, 1.165) is 18.4 Å². The Morgan fingerprint density at radius 2 is 1.92 bits per heavy atom. The Kier molecular flexibility index (Phi) is 2.08. The van der Waals surface area contributed by atoms with Crippen molar-refractivity contribution >= 4 is 0 Å². The summed E-state index contributed by atoms with van der Waals surface area (Å²) >= 11 is 0. The molecule has 0 radical (unpaired) electrons. The van der Waals surface area contributed by atoms with Gasteiger partial charge in [0.2, 0.25) is 0 Å². The van der Waals surface area contributed by atoms with Crippen molar-refractivity contribution in [2.45, 2.75) is 24.4 Å². The molecule has 0 amide bonds. The standard InChI is InChI=1S/C11H14FN/c12-10(8-13)11(6-7-11)9-4-2-1-3-5-9/h1-5,10H,6-8,13H2. The molecule has 1 unspecified atom stereocenters. The van der Waals surface area contributed by atoms with Crippen molar-refractivity contribution in [2.24, 2.45) is 5.73 Å². The van der Waals surface area contributed by atoms with Crippen LogP contribution in [0.25, 0.3) is 0 Å². The highest BCUT2D eigenvalue weighted by atomic mass is 19.1. The van der Waals surface area contributed by atoms with Crippen molar-refractivity contribution in [3.8, 4) is 0 Å². The number of rotatable bonds is 3. The van der Waals surface area contributed by atoms with Crippen LogP contribution < -0.4 is 5.73 Å². The quantitative estimate of drug-likeness (QED) is 0.754. The lowest BCUT2D eigenvalue weighted by atomic mass is 9.91. The SMILES string of the molecule is NCC(F)C1(c2ccccc2)CC1. The molecule has 1 aliphatic rings. The van der Waals surface area contributed by atoms with Crippen LogP contribution >= 0.6 is 0 Å². The smallest absolute Gasteiger partial charge is 0.122 e. The molecule has 1 nitrogen and oxygen atoms in total. The average Bonchev–Trinajstić information content (AvgIpc) is 2.99. The van der Waals surface area contributed by atoms with Crippen LogP contribution in [0, 0.1) is 0 Å². The van der Waals surface area contributed by atoms with Crippen molar-refractivity contribution in [2.75, 3.05) is 6.54 Å². The molecule has 0 aliphatic heterocycles. The number of halogens is 1. The Morgan fingerprint density at radius 1 is 1.31 bits per heavy atom. The summed E-state index contributed by atoms with van der Waals surface area (Å²) in [6.45, 7) is 0.134. The minimum absolute atomic E-state index is 0.134. The van der Waals surface area contributed by atoms with Crippen LogP contribution in [0.5, 0.6) is 0 Å². The first-order valence-electron chi connectivity index (χ1n) is 4.69. The van der Waals surface area contributed by atoms with Gasteiger partial charge in [-0.2, -0.15) is 0 Å². The molecule has 1 saturated carbocycles. The van der Waals surface area contributed by atoms with E-state index in [-0.39, 0.29) is 12.0 Å². The second-order valence-electron chi connectivity index (χ2n) is 3.73. The van der Waals surface area contributed by atoms with Crippen LogP contribution in [-0.2, 0) is 5.41 Å². The van der Waals surface area contributed by atoms with E-state index in [9.17, 15) is 4.39 Å². The van der Waals surface area contributed by atoms with Gasteiger partial charge in [0, 0.05) is 12.0 Å². The summed E-state index contributed by atoms with van der Waals surface area (Å²) in [5.74, 6) is 0. The molecule has 1 atom stereocenters. The zero-order valence-corrected chi connectivity index (χ0v) is 7.54. The van der Waals surface area contributed by atoms with Crippen LogP contribution in [0.1, 0.15) is 18.4 Å². The topological polar surface area (TPSA) is 26.0 Å². The van der Waals surface area contributed by atoms with Crippen LogP contribution in [0.15, 0.2) is 30.3 Å². The van der Waals surface area contributed by atoms with Gasteiger partial charge in [-0.3, -0.25) is 0 Å². The van der Waals surface area contributed by atoms with Gasteiger partial charge in [0.15, 0.2) is 0 Å². The first-order chi connectivity index (χ1) is 6.29. The predicted molar refractivity (Wildman–Crippen MR) is 51.3 cm³/mol. The van der Waals surface area contributed by atoms with Crippen LogP contribution in [-0.4, -0.2) is 12.7 Å². The van der Waals surface area contributed by atoms with E-state index in [4.69, 9.17) is 5.73 Å². The molecular formula is C11H14FN. The van der Waals surface area contributed by atoms with Gasteiger partial charge in [-0.15, -0.1) is 0 Å². The third-order valence-corrected chi connectivity index (χ3v) is 2.94. The van der Waals surface area contributed by atoms with Crippen molar-refractivity contribution in [3.05, 3.63) is 35.9 Å². The highest BCUT2D eigenvalue weighted by Gasteiger charge is 2.50. The summed E-state index contributed by atoms with van der Waals surface area (Å²) in [6, 6.07) is 9.86. The number of nitrogens with two attached hydrogens (primary N) is 1. The lowest BCUT2D eigenvalue weighted by Crippen LogP contribution is -2.29. The van der Waals surface area contributed by atoms with Crippen LogP contribution in [0.4, 0.5) is 4.39 Å². The largest absolute Gasteiger partial charge is 0.328 e. The Labute approximate surface area is 77.8 Å². The zero-order chi connectivity index (χ0) is 9.31. The van der Waals surface area contributed by atoms with Crippen molar-refractivity contribution < 1.29 is 4.39 Å². The summed E-state index contributed by atoms with van der Waals surface area (Å²) in [6.07, 6.45) is 1.000. The summed E-state index contributed by atoms with van der Waals surface area (Å²) in [7, 11) is 0. The Hall–Kier alpha value is -0.890. The average molecular weight is 179 g/mol. The predicted octanol–water partition coefficient (Wildman–Crippen LogP) is 2.01. The monoisotopic (exact) mass is 179 g/mol. The highest BCUT2D eigenvalue weighted by molar-refractivity contribution is 5.33. The molecule has 70 valence electrons. The molecular weight excluding hydrogens is 165 g/mol. The van der Waals surface area contributed by atoms with Crippen molar-refractivity contribution in [3.63, 3.8) is 0 Å². The number of hydrogen-bond acceptors (Lipinski definition) is 1. The molecule has 2 heteroatoms. The van der Waals surface area contributed by atoms with E-state index in [2.05, 4.69) is 0 Å². The van der Waals surface area contributed by atoms with Crippen LogP contribution in [0.2, 0.25) is 0 Å². The number of benzene rings is 1. The molecule has 1 fully saturated rings. The third-order valence-electron chi connectivity index (χ3n) is 2.94. The van der Waals surface area contributed by atoms with E-state index in [1.54, 1.807) is 0 Å². The van der Waals surface area contributed by atoms with E-state index in [1.165, 1.54) is 0 Å². The lowest BCUT2D eigenvalue weighted by molar-refractivity contribution is 0.273. The molecule has 13 heavy (non-hydrogen) atoms. The molecule has 0 saturated heterocycles. The first kappa shape index (κ1) is 8.70. The fraction of sp³-hybridized carbons (Fsp3) is 0.455. The van der Waals surface area contributed by atoms with Gasteiger partial charge >= 0.3 is 0 Å². The van der Waals surface area contributed by atoms with E-state index in [0.29, 0.717) is 0 Å². The fourth-order valence-corrected chi connectivity index (χ4v) is 1.91. The molecule has 0 bridgehead atoms. The van der Waals surface area contributed by atoms with Gasteiger partial charge in [-0.25, -0.2) is 4.39 Å². The summed E-state index contributed by atoms with van der Waals surface area (Å²) in [5.41, 5.74) is 6.23. The van der Waals surface area contributed by atoms with Crippen molar-refractivity contribution in [1.29, 1.82) is 0 Å². The highest BCUT2D eigenvalue weighted by Crippen LogP contribution is 2.51. The minimum Gasteiger partial charge on any atom is -0.328 e. The first-order valence-corrected chi connectivity index (χ1v) is 4.69. The maximum Gasteiger partial charge on any atom is 0.122 e.